The second kappa shape index (κ2) is 5.59. The maximum Gasteiger partial charge on any atom is 0.0471 e. The molecule has 92 valence electrons. The van der Waals surface area contributed by atoms with Crippen molar-refractivity contribution in [3.8, 4) is 0 Å². The molecule has 0 fully saturated rings. The first-order valence-electron chi connectivity index (χ1n) is 6.44. The largest absolute Gasteiger partial charge is 0.315 e. The zero-order valence-corrected chi connectivity index (χ0v) is 11.1. The summed E-state index contributed by atoms with van der Waals surface area (Å²) < 4.78 is 0. The molecule has 1 nitrogen and oxygen atoms in total. The molecule has 1 N–H and O–H groups in total. The summed E-state index contributed by atoms with van der Waals surface area (Å²) in [6, 6.07) is 19.5. The molecule has 0 radical (unpaired) electrons. The van der Waals surface area contributed by atoms with Gasteiger partial charge in [0, 0.05) is 16.7 Å². The molecule has 0 saturated heterocycles. The molecular formula is C16H17NS. The number of fused-ring (bicyclic) bond motifs is 1. The lowest BCUT2D eigenvalue weighted by molar-refractivity contribution is 0.704. The van der Waals surface area contributed by atoms with Crippen molar-refractivity contribution in [3.63, 3.8) is 0 Å². The van der Waals surface area contributed by atoms with Gasteiger partial charge in [0.1, 0.15) is 0 Å². The highest BCUT2D eigenvalue weighted by Crippen LogP contribution is 2.37. The fraction of sp³-hybridized carbons (Fsp3) is 0.250. The van der Waals surface area contributed by atoms with Gasteiger partial charge in [-0.05, 0) is 36.2 Å². The van der Waals surface area contributed by atoms with Crippen LogP contribution in [0, 0.1) is 0 Å². The zero-order chi connectivity index (χ0) is 12.2. The summed E-state index contributed by atoms with van der Waals surface area (Å²) in [5.41, 5.74) is 2.99. The minimum atomic E-state index is 0.520. The van der Waals surface area contributed by atoms with Crippen LogP contribution in [0.15, 0.2) is 59.5 Å². The van der Waals surface area contributed by atoms with Gasteiger partial charge in [-0.25, -0.2) is 0 Å². The summed E-state index contributed by atoms with van der Waals surface area (Å²) in [6.45, 7) is 2.14. The molecule has 2 heteroatoms. The summed E-state index contributed by atoms with van der Waals surface area (Å²) in [5, 5.41) is 4.06. The third-order valence-corrected chi connectivity index (χ3v) is 4.57. The molecule has 0 aromatic heterocycles. The predicted molar refractivity (Wildman–Crippen MR) is 78.1 cm³/mol. The molecule has 1 aliphatic rings. The molecule has 0 aliphatic carbocycles. The van der Waals surface area contributed by atoms with Crippen molar-refractivity contribution in [2.75, 3.05) is 13.1 Å². The van der Waals surface area contributed by atoms with Crippen LogP contribution >= 0.6 is 11.8 Å². The Kier molecular flexibility index (Phi) is 3.67. The van der Waals surface area contributed by atoms with Gasteiger partial charge in [-0.3, -0.25) is 0 Å². The van der Waals surface area contributed by atoms with Crippen LogP contribution in [0.25, 0.3) is 0 Å². The Labute approximate surface area is 113 Å². The van der Waals surface area contributed by atoms with E-state index in [0.717, 1.165) is 19.5 Å². The summed E-state index contributed by atoms with van der Waals surface area (Å²) in [6.07, 6.45) is 1.14. The standard InChI is InChI=1S/C16H17NS/c1-2-7-14(8-3-1)18-16-12-17-11-10-13-6-4-5-9-15(13)16/h1-9,16-17H,10-12H2. The molecule has 1 heterocycles. The summed E-state index contributed by atoms with van der Waals surface area (Å²) in [7, 11) is 0. The second-order valence-electron chi connectivity index (χ2n) is 4.57. The molecule has 0 saturated carbocycles. The Morgan fingerprint density at radius 2 is 1.72 bits per heavy atom. The van der Waals surface area contributed by atoms with Crippen molar-refractivity contribution in [2.24, 2.45) is 0 Å². The van der Waals surface area contributed by atoms with E-state index < -0.39 is 0 Å². The molecular weight excluding hydrogens is 238 g/mol. The number of rotatable bonds is 2. The van der Waals surface area contributed by atoms with Gasteiger partial charge in [0.25, 0.3) is 0 Å². The van der Waals surface area contributed by atoms with Gasteiger partial charge >= 0.3 is 0 Å². The van der Waals surface area contributed by atoms with Crippen LogP contribution in [-0.4, -0.2) is 13.1 Å². The van der Waals surface area contributed by atoms with E-state index >= 15 is 0 Å². The smallest absolute Gasteiger partial charge is 0.0471 e. The molecule has 1 atom stereocenters. The average Bonchev–Trinajstić information content (AvgIpc) is 2.63. The molecule has 0 spiro atoms. The summed E-state index contributed by atoms with van der Waals surface area (Å²) in [5.74, 6) is 0. The number of hydrogen-bond acceptors (Lipinski definition) is 2. The second-order valence-corrected chi connectivity index (χ2v) is 5.85. The van der Waals surface area contributed by atoms with Crippen LogP contribution in [0.1, 0.15) is 16.4 Å². The lowest BCUT2D eigenvalue weighted by Crippen LogP contribution is -2.18. The number of benzene rings is 2. The van der Waals surface area contributed by atoms with Gasteiger partial charge in [0.05, 0.1) is 0 Å². The van der Waals surface area contributed by atoms with E-state index in [2.05, 4.69) is 59.9 Å². The molecule has 1 aliphatic heterocycles. The van der Waals surface area contributed by atoms with E-state index in [9.17, 15) is 0 Å². The fourth-order valence-corrected chi connectivity index (χ4v) is 3.61. The number of thioether (sulfide) groups is 1. The first-order chi connectivity index (χ1) is 8.93. The number of nitrogens with one attached hydrogen (secondary N) is 1. The van der Waals surface area contributed by atoms with E-state index in [4.69, 9.17) is 0 Å². The normalized spacial score (nSPS) is 19.0. The third kappa shape index (κ3) is 2.60. The molecule has 0 bridgehead atoms. The zero-order valence-electron chi connectivity index (χ0n) is 10.3. The van der Waals surface area contributed by atoms with Crippen LogP contribution in [0.2, 0.25) is 0 Å². The first-order valence-corrected chi connectivity index (χ1v) is 7.32. The van der Waals surface area contributed by atoms with Crippen LogP contribution in [0.4, 0.5) is 0 Å². The monoisotopic (exact) mass is 255 g/mol. The quantitative estimate of drug-likeness (QED) is 0.879. The van der Waals surface area contributed by atoms with E-state index in [-0.39, 0.29) is 0 Å². The lowest BCUT2D eigenvalue weighted by atomic mass is 10.0. The maximum atomic E-state index is 3.54. The van der Waals surface area contributed by atoms with Crippen molar-refractivity contribution in [3.05, 3.63) is 65.7 Å². The van der Waals surface area contributed by atoms with Crippen molar-refractivity contribution in [2.45, 2.75) is 16.6 Å². The maximum absolute atomic E-state index is 3.54. The average molecular weight is 255 g/mol. The Balaban J connectivity index is 1.88. The van der Waals surface area contributed by atoms with Gasteiger partial charge in [-0.2, -0.15) is 0 Å². The van der Waals surface area contributed by atoms with Crippen molar-refractivity contribution >= 4 is 11.8 Å². The van der Waals surface area contributed by atoms with E-state index in [1.54, 1.807) is 0 Å². The van der Waals surface area contributed by atoms with Gasteiger partial charge in [0.2, 0.25) is 0 Å². The molecule has 0 amide bonds. The Morgan fingerprint density at radius 3 is 2.61 bits per heavy atom. The van der Waals surface area contributed by atoms with Crippen LogP contribution < -0.4 is 5.32 Å². The molecule has 3 rings (SSSR count). The van der Waals surface area contributed by atoms with Gasteiger partial charge < -0.3 is 5.32 Å². The predicted octanol–water partition coefficient (Wildman–Crippen LogP) is 3.67. The van der Waals surface area contributed by atoms with Gasteiger partial charge in [0.15, 0.2) is 0 Å². The topological polar surface area (TPSA) is 12.0 Å². The minimum Gasteiger partial charge on any atom is -0.315 e. The van der Waals surface area contributed by atoms with Crippen LogP contribution in [0.5, 0.6) is 0 Å². The Bertz CT molecular complexity index is 510. The van der Waals surface area contributed by atoms with Gasteiger partial charge in [-0.15, -0.1) is 11.8 Å². The lowest BCUT2D eigenvalue weighted by Gasteiger charge is -2.17. The first kappa shape index (κ1) is 11.8. The fourth-order valence-electron chi connectivity index (χ4n) is 2.41. The summed E-state index contributed by atoms with van der Waals surface area (Å²) >= 11 is 1.96. The SMILES string of the molecule is c1ccc(SC2CNCCc3ccccc32)cc1. The van der Waals surface area contributed by atoms with Crippen molar-refractivity contribution in [1.29, 1.82) is 0 Å². The highest BCUT2D eigenvalue weighted by molar-refractivity contribution is 7.99. The Hall–Kier alpha value is -1.25. The van der Waals surface area contributed by atoms with E-state index in [1.165, 1.54) is 16.0 Å². The molecule has 2 aromatic rings. The molecule has 1 unspecified atom stereocenters. The van der Waals surface area contributed by atoms with Gasteiger partial charge in [-0.1, -0.05) is 42.5 Å². The molecule has 18 heavy (non-hydrogen) atoms. The minimum absolute atomic E-state index is 0.520. The number of hydrogen-bond donors (Lipinski definition) is 1. The van der Waals surface area contributed by atoms with E-state index in [1.807, 2.05) is 11.8 Å². The van der Waals surface area contributed by atoms with Crippen LogP contribution in [-0.2, 0) is 6.42 Å². The Morgan fingerprint density at radius 1 is 0.944 bits per heavy atom. The van der Waals surface area contributed by atoms with Crippen molar-refractivity contribution in [1.82, 2.24) is 5.32 Å². The highest BCUT2D eigenvalue weighted by Gasteiger charge is 2.18. The molecule has 2 aromatic carbocycles. The van der Waals surface area contributed by atoms with Crippen molar-refractivity contribution < 1.29 is 0 Å². The van der Waals surface area contributed by atoms with E-state index in [0.29, 0.717) is 5.25 Å². The highest BCUT2D eigenvalue weighted by atomic mass is 32.2. The third-order valence-electron chi connectivity index (χ3n) is 3.32. The summed E-state index contributed by atoms with van der Waals surface area (Å²) in [4.78, 5) is 1.35. The van der Waals surface area contributed by atoms with Crippen LogP contribution in [0.3, 0.4) is 0 Å².